The minimum atomic E-state index is 0.569. The maximum absolute atomic E-state index is 5.74. The van der Waals surface area contributed by atoms with Gasteiger partial charge in [-0.25, -0.2) is 0 Å². The van der Waals surface area contributed by atoms with E-state index in [9.17, 15) is 0 Å². The number of hydrogen-bond acceptors (Lipinski definition) is 5. The first-order chi connectivity index (χ1) is 13.4. The molecule has 0 saturated carbocycles. The third-order valence-corrected chi connectivity index (χ3v) is 4.30. The van der Waals surface area contributed by atoms with E-state index in [1.807, 2.05) is 19.1 Å². The zero-order valence-corrected chi connectivity index (χ0v) is 16.6. The van der Waals surface area contributed by atoms with Crippen LogP contribution in [0.1, 0.15) is 31.9 Å². The molecule has 0 amide bonds. The van der Waals surface area contributed by atoms with Gasteiger partial charge in [0.05, 0.1) is 19.5 Å². The summed E-state index contributed by atoms with van der Waals surface area (Å²) in [4.78, 5) is 4.65. The van der Waals surface area contributed by atoms with Crippen molar-refractivity contribution in [3.05, 3.63) is 24.2 Å². The largest absolute Gasteiger partial charge is 0.469 e. The van der Waals surface area contributed by atoms with Crippen molar-refractivity contribution in [3.63, 3.8) is 0 Å². The Kier molecular flexibility index (Phi) is 11.7. The number of rotatable bonds is 14. The van der Waals surface area contributed by atoms with Crippen molar-refractivity contribution in [1.82, 2.24) is 10.6 Å². The molecular formula is C20H35N3O4. The lowest BCUT2D eigenvalue weighted by atomic mass is 10.1. The standard InChI is InChI=1S/C20H35N3O4/c1-2-24-12-4-9-21-20(23-11-7-19-6-3-14-27-19)22-10-5-13-25-16-18-8-15-26-17-18/h3,6,14,18H,2,4-5,7-13,15-17H2,1H3,(H2,21,22,23). The van der Waals surface area contributed by atoms with Crippen LogP contribution in [0.2, 0.25) is 0 Å². The van der Waals surface area contributed by atoms with Gasteiger partial charge < -0.3 is 29.3 Å². The lowest BCUT2D eigenvalue weighted by molar-refractivity contribution is 0.0893. The van der Waals surface area contributed by atoms with Crippen LogP contribution in [0.15, 0.2) is 27.8 Å². The van der Waals surface area contributed by atoms with Crippen LogP contribution < -0.4 is 10.6 Å². The van der Waals surface area contributed by atoms with Crippen molar-refractivity contribution in [2.45, 2.75) is 32.6 Å². The molecule has 2 heterocycles. The molecule has 2 N–H and O–H groups in total. The highest BCUT2D eigenvalue weighted by Gasteiger charge is 2.15. The fourth-order valence-corrected chi connectivity index (χ4v) is 2.78. The first kappa shape index (κ1) is 21.7. The first-order valence-corrected chi connectivity index (χ1v) is 10.2. The molecule has 1 aliphatic heterocycles. The van der Waals surface area contributed by atoms with Gasteiger partial charge in [-0.3, -0.25) is 4.99 Å². The fourth-order valence-electron chi connectivity index (χ4n) is 2.78. The minimum absolute atomic E-state index is 0.569. The van der Waals surface area contributed by atoms with E-state index in [4.69, 9.17) is 18.6 Å². The number of ether oxygens (including phenoxy) is 3. The second-order valence-corrected chi connectivity index (χ2v) is 6.62. The Labute approximate surface area is 162 Å². The minimum Gasteiger partial charge on any atom is -0.469 e. The monoisotopic (exact) mass is 381 g/mol. The van der Waals surface area contributed by atoms with Gasteiger partial charge in [-0.1, -0.05) is 0 Å². The summed E-state index contributed by atoms with van der Waals surface area (Å²) in [6.07, 6.45) is 5.53. The lowest BCUT2D eigenvalue weighted by Crippen LogP contribution is -2.39. The van der Waals surface area contributed by atoms with Crippen LogP contribution in [0.3, 0.4) is 0 Å². The summed E-state index contributed by atoms with van der Waals surface area (Å²) in [5.41, 5.74) is 0. The van der Waals surface area contributed by atoms with Crippen LogP contribution >= 0.6 is 0 Å². The number of hydrogen-bond donors (Lipinski definition) is 2. The summed E-state index contributed by atoms with van der Waals surface area (Å²) in [7, 11) is 0. The molecule has 7 heteroatoms. The second kappa shape index (κ2) is 14.5. The van der Waals surface area contributed by atoms with E-state index in [1.54, 1.807) is 6.26 Å². The highest BCUT2D eigenvalue weighted by Crippen LogP contribution is 2.12. The van der Waals surface area contributed by atoms with Gasteiger partial charge in [0.1, 0.15) is 5.76 Å². The fraction of sp³-hybridized carbons (Fsp3) is 0.750. The number of guanidine groups is 1. The van der Waals surface area contributed by atoms with Crippen molar-refractivity contribution in [2.75, 3.05) is 59.3 Å². The van der Waals surface area contributed by atoms with Crippen LogP contribution in [0.5, 0.6) is 0 Å². The van der Waals surface area contributed by atoms with Crippen molar-refractivity contribution in [3.8, 4) is 0 Å². The Bertz CT molecular complexity index is 487. The van der Waals surface area contributed by atoms with Crippen LogP contribution in [0.25, 0.3) is 0 Å². The molecule has 2 rings (SSSR count). The number of furan rings is 1. The summed E-state index contributed by atoms with van der Waals surface area (Å²) in [6, 6.07) is 3.90. The number of nitrogens with one attached hydrogen (secondary N) is 2. The topological polar surface area (TPSA) is 77.2 Å². The van der Waals surface area contributed by atoms with Gasteiger partial charge in [0.2, 0.25) is 0 Å². The van der Waals surface area contributed by atoms with E-state index in [0.29, 0.717) is 5.92 Å². The van der Waals surface area contributed by atoms with Crippen molar-refractivity contribution < 1.29 is 18.6 Å². The summed E-state index contributed by atoms with van der Waals surface area (Å²) in [5, 5.41) is 6.73. The molecule has 1 aromatic rings. The molecule has 0 aromatic carbocycles. The molecule has 1 aliphatic rings. The molecule has 0 spiro atoms. The predicted molar refractivity (Wildman–Crippen MR) is 106 cm³/mol. The Morgan fingerprint density at radius 2 is 2.11 bits per heavy atom. The van der Waals surface area contributed by atoms with Gasteiger partial charge in [0.15, 0.2) is 5.96 Å². The molecule has 1 unspecified atom stereocenters. The molecule has 7 nitrogen and oxygen atoms in total. The predicted octanol–water partition coefficient (Wildman–Crippen LogP) is 2.23. The third-order valence-electron chi connectivity index (χ3n) is 4.30. The Morgan fingerprint density at radius 3 is 2.89 bits per heavy atom. The maximum atomic E-state index is 5.74. The average molecular weight is 382 g/mol. The van der Waals surface area contributed by atoms with Crippen molar-refractivity contribution >= 4 is 5.96 Å². The van der Waals surface area contributed by atoms with Gasteiger partial charge in [0.25, 0.3) is 0 Å². The molecule has 0 radical (unpaired) electrons. The molecule has 1 fully saturated rings. The van der Waals surface area contributed by atoms with E-state index < -0.39 is 0 Å². The molecule has 27 heavy (non-hydrogen) atoms. The van der Waals surface area contributed by atoms with Crippen LogP contribution in [-0.4, -0.2) is 65.2 Å². The third kappa shape index (κ3) is 10.4. The Balaban J connectivity index is 1.60. The molecule has 1 atom stereocenters. The van der Waals surface area contributed by atoms with Crippen LogP contribution in [-0.2, 0) is 20.6 Å². The molecular weight excluding hydrogens is 346 g/mol. The van der Waals surface area contributed by atoms with Gasteiger partial charge in [0, 0.05) is 58.4 Å². The Hall–Kier alpha value is -1.57. The zero-order valence-electron chi connectivity index (χ0n) is 16.6. The van der Waals surface area contributed by atoms with Crippen LogP contribution in [0, 0.1) is 5.92 Å². The van der Waals surface area contributed by atoms with E-state index in [-0.39, 0.29) is 0 Å². The molecule has 0 aliphatic carbocycles. The maximum Gasteiger partial charge on any atom is 0.191 e. The highest BCUT2D eigenvalue weighted by molar-refractivity contribution is 5.79. The Morgan fingerprint density at radius 1 is 1.22 bits per heavy atom. The zero-order chi connectivity index (χ0) is 19.0. The van der Waals surface area contributed by atoms with Crippen molar-refractivity contribution in [1.29, 1.82) is 0 Å². The summed E-state index contributed by atoms with van der Waals surface area (Å²) >= 11 is 0. The highest BCUT2D eigenvalue weighted by atomic mass is 16.5. The lowest BCUT2D eigenvalue weighted by Gasteiger charge is -2.12. The van der Waals surface area contributed by atoms with Gasteiger partial charge in [-0.05, 0) is 38.3 Å². The summed E-state index contributed by atoms with van der Waals surface area (Å²) in [6.45, 7) is 9.15. The van der Waals surface area contributed by atoms with Gasteiger partial charge in [-0.15, -0.1) is 0 Å². The smallest absolute Gasteiger partial charge is 0.191 e. The summed E-state index contributed by atoms with van der Waals surface area (Å²) in [5.74, 6) is 2.38. The van der Waals surface area contributed by atoms with Crippen LogP contribution in [0.4, 0.5) is 0 Å². The quantitative estimate of drug-likeness (QED) is 0.292. The molecule has 1 aromatic heterocycles. The van der Waals surface area contributed by atoms with E-state index in [0.717, 1.165) is 96.7 Å². The second-order valence-electron chi connectivity index (χ2n) is 6.62. The van der Waals surface area contributed by atoms with E-state index in [2.05, 4.69) is 15.6 Å². The number of aliphatic imine (C=N–C) groups is 1. The van der Waals surface area contributed by atoms with E-state index >= 15 is 0 Å². The molecule has 0 bridgehead atoms. The van der Waals surface area contributed by atoms with Gasteiger partial charge in [-0.2, -0.15) is 0 Å². The first-order valence-electron chi connectivity index (χ1n) is 10.2. The van der Waals surface area contributed by atoms with Crippen molar-refractivity contribution in [2.24, 2.45) is 10.9 Å². The summed E-state index contributed by atoms with van der Waals surface area (Å²) < 4.78 is 21.8. The van der Waals surface area contributed by atoms with E-state index in [1.165, 1.54) is 0 Å². The normalized spacial score (nSPS) is 17.4. The number of nitrogens with zero attached hydrogens (tertiary/aromatic N) is 1. The SMILES string of the molecule is CCOCCCNC(=NCCCOCC1CCOC1)NCCc1ccco1. The molecule has 1 saturated heterocycles. The average Bonchev–Trinajstić information content (AvgIpc) is 3.37. The van der Waals surface area contributed by atoms with Gasteiger partial charge >= 0.3 is 0 Å². The molecule has 154 valence electrons.